The van der Waals surface area contributed by atoms with Crippen molar-refractivity contribution in [1.29, 1.82) is 0 Å². The van der Waals surface area contributed by atoms with E-state index in [9.17, 15) is 73.1 Å². The molecule has 224 valence electrons. The molecule has 0 amide bonds. The smallest absolute Gasteiger partial charge is 0.430 e. The Morgan fingerprint density at radius 1 is 0.575 bits per heavy atom. The number of phenols is 2. The van der Waals surface area contributed by atoms with Gasteiger partial charge in [0.1, 0.15) is 11.5 Å². The monoisotopic (exact) mass is 600 g/mol. The number of alkyl halides is 12. The minimum absolute atomic E-state index is 0.175. The Morgan fingerprint density at radius 2 is 0.975 bits per heavy atom. The molecule has 0 heterocycles. The number of halogens is 12. The van der Waals surface area contributed by atoms with Gasteiger partial charge in [0.25, 0.3) is 11.2 Å². The van der Waals surface area contributed by atoms with Crippen molar-refractivity contribution < 1.29 is 73.1 Å². The second kappa shape index (κ2) is 8.57. The van der Waals surface area contributed by atoms with Crippen molar-refractivity contribution in [3.63, 3.8) is 0 Å². The van der Waals surface area contributed by atoms with E-state index >= 15 is 0 Å². The molecule has 0 bridgehead atoms. The van der Waals surface area contributed by atoms with Crippen LogP contribution in [0.5, 0.6) is 11.5 Å². The van der Waals surface area contributed by atoms with Gasteiger partial charge >= 0.3 is 24.7 Å². The third-order valence-corrected chi connectivity index (χ3v) is 7.31. The van der Waals surface area contributed by atoms with Crippen LogP contribution in [-0.2, 0) is 22.0 Å². The first kappa shape index (κ1) is 31.6. The highest BCUT2D eigenvalue weighted by molar-refractivity contribution is 5.59. The molecule has 1 aliphatic carbocycles. The maximum absolute atomic E-state index is 13.5. The zero-order chi connectivity index (χ0) is 31.3. The molecule has 1 unspecified atom stereocenters. The number of hydrogen-bond donors (Lipinski definition) is 4. The molecule has 40 heavy (non-hydrogen) atoms. The van der Waals surface area contributed by atoms with E-state index in [1.165, 1.54) is 20.8 Å². The fraction of sp³-hybridized carbons (Fsp3) is 0.500. The molecule has 1 atom stereocenters. The zero-order valence-corrected chi connectivity index (χ0v) is 20.4. The minimum Gasteiger partial charge on any atom is -0.508 e. The number of phenolic OH excluding ortho intramolecular Hbond substituents is 2. The van der Waals surface area contributed by atoms with E-state index in [0.29, 0.717) is 12.1 Å². The van der Waals surface area contributed by atoms with E-state index in [-0.39, 0.29) is 29.7 Å². The average molecular weight is 600 g/mol. The summed E-state index contributed by atoms with van der Waals surface area (Å²) in [4.78, 5) is 0. The highest BCUT2D eigenvalue weighted by Gasteiger charge is 2.73. The lowest BCUT2D eigenvalue weighted by Gasteiger charge is -2.35. The van der Waals surface area contributed by atoms with Crippen LogP contribution in [0, 0.1) is 0 Å². The lowest BCUT2D eigenvalue weighted by molar-refractivity contribution is -0.377. The normalized spacial score (nSPS) is 20.5. The molecule has 3 rings (SSSR count). The molecule has 2 aromatic carbocycles. The van der Waals surface area contributed by atoms with Gasteiger partial charge in [-0.3, -0.25) is 0 Å². The molecule has 4 nitrogen and oxygen atoms in total. The quantitative estimate of drug-likeness (QED) is 0.296. The van der Waals surface area contributed by atoms with Crippen molar-refractivity contribution >= 4 is 0 Å². The van der Waals surface area contributed by atoms with Gasteiger partial charge in [-0.2, -0.15) is 52.7 Å². The van der Waals surface area contributed by atoms with Gasteiger partial charge in [0, 0.05) is 16.5 Å². The zero-order valence-electron chi connectivity index (χ0n) is 20.4. The standard InChI is InChI=1S/C24H20F12O4/c1-17(2)9-18(3,10-4-5-15(37)13(6-10)19(39,21(25,26)27)22(28,29)30)12-8-16(38)14(7-11(12)17)20(40,23(31,32)33)24(34,35)36/h4-8,37-40H,9H2,1-3H3. The molecule has 0 aliphatic heterocycles. The highest BCUT2D eigenvalue weighted by atomic mass is 19.4. The number of benzene rings is 2. The molecule has 0 aromatic heterocycles. The first-order valence-electron chi connectivity index (χ1n) is 11.0. The lowest BCUT2D eigenvalue weighted by Crippen LogP contribution is -2.54. The largest absolute Gasteiger partial charge is 0.508 e. The van der Waals surface area contributed by atoms with Crippen molar-refractivity contribution in [1.82, 2.24) is 0 Å². The molecule has 0 spiro atoms. The van der Waals surface area contributed by atoms with E-state index in [0.717, 1.165) is 6.07 Å². The van der Waals surface area contributed by atoms with Crippen molar-refractivity contribution in [2.75, 3.05) is 0 Å². The van der Waals surface area contributed by atoms with Gasteiger partial charge in [0.15, 0.2) is 0 Å². The number of rotatable bonds is 3. The summed E-state index contributed by atoms with van der Waals surface area (Å²) < 4.78 is 162. The molecule has 16 heteroatoms. The predicted molar refractivity (Wildman–Crippen MR) is 112 cm³/mol. The molecule has 0 fully saturated rings. The maximum Gasteiger partial charge on any atom is 0.430 e. The third-order valence-electron chi connectivity index (χ3n) is 7.31. The molecule has 0 radical (unpaired) electrons. The van der Waals surface area contributed by atoms with Crippen LogP contribution in [0.4, 0.5) is 52.7 Å². The SMILES string of the molecule is CC1(C)CC(C)(c2ccc(O)c(C(O)(C(F)(F)F)C(F)(F)F)c2)c2cc(O)c(C(O)(C(F)(F)F)C(F)(F)F)cc21. The summed E-state index contributed by atoms with van der Waals surface area (Å²) >= 11 is 0. The van der Waals surface area contributed by atoms with Crippen LogP contribution in [0.1, 0.15) is 55.0 Å². The Balaban J connectivity index is 2.36. The van der Waals surface area contributed by atoms with Gasteiger partial charge in [-0.25, -0.2) is 0 Å². The summed E-state index contributed by atoms with van der Waals surface area (Å²) in [5.41, 5.74) is -19.4. The van der Waals surface area contributed by atoms with Gasteiger partial charge in [-0.1, -0.05) is 26.8 Å². The van der Waals surface area contributed by atoms with Crippen LogP contribution in [0.3, 0.4) is 0 Å². The topological polar surface area (TPSA) is 80.9 Å². The van der Waals surface area contributed by atoms with Gasteiger partial charge in [-0.05, 0) is 52.8 Å². The summed E-state index contributed by atoms with van der Waals surface area (Å²) in [7, 11) is 0. The number of aliphatic hydroxyl groups is 2. The van der Waals surface area contributed by atoms with E-state index < -0.39 is 74.9 Å². The first-order valence-corrected chi connectivity index (χ1v) is 11.0. The fourth-order valence-electron chi connectivity index (χ4n) is 5.33. The van der Waals surface area contributed by atoms with Crippen molar-refractivity contribution in [2.45, 2.75) is 73.9 Å². The maximum atomic E-state index is 13.5. The van der Waals surface area contributed by atoms with Gasteiger partial charge in [-0.15, -0.1) is 0 Å². The lowest BCUT2D eigenvalue weighted by atomic mass is 9.73. The second-order valence-electron chi connectivity index (χ2n) is 10.5. The number of fused-ring (bicyclic) bond motifs is 1. The van der Waals surface area contributed by atoms with Crippen molar-refractivity contribution in [3.05, 3.63) is 58.1 Å². The minimum atomic E-state index is -6.39. The first-order chi connectivity index (χ1) is 17.6. The fourth-order valence-corrected chi connectivity index (χ4v) is 5.33. The Hall–Kier alpha value is -2.88. The predicted octanol–water partition coefficient (Wildman–Crippen LogP) is 6.71. The summed E-state index contributed by atoms with van der Waals surface area (Å²) in [5.74, 6) is -3.32. The van der Waals surface area contributed by atoms with Crippen LogP contribution in [-0.4, -0.2) is 45.1 Å². The van der Waals surface area contributed by atoms with Crippen LogP contribution in [0.15, 0.2) is 30.3 Å². The van der Waals surface area contributed by atoms with Gasteiger partial charge in [0.05, 0.1) is 0 Å². The molecule has 0 saturated heterocycles. The van der Waals surface area contributed by atoms with Crippen LogP contribution < -0.4 is 0 Å². The summed E-state index contributed by atoms with van der Waals surface area (Å²) in [6.45, 7) is 3.76. The molecule has 1 aliphatic rings. The molecule has 2 aromatic rings. The second-order valence-corrected chi connectivity index (χ2v) is 10.5. The van der Waals surface area contributed by atoms with Gasteiger partial charge < -0.3 is 20.4 Å². The Labute approximate surface area is 217 Å². The number of hydrogen-bond acceptors (Lipinski definition) is 4. The van der Waals surface area contributed by atoms with Gasteiger partial charge in [0.2, 0.25) is 0 Å². The van der Waals surface area contributed by atoms with Crippen LogP contribution in [0.25, 0.3) is 0 Å². The van der Waals surface area contributed by atoms with Crippen molar-refractivity contribution in [2.24, 2.45) is 0 Å². The van der Waals surface area contributed by atoms with Crippen LogP contribution in [0.2, 0.25) is 0 Å². The third kappa shape index (κ3) is 4.25. The molecular formula is C24H20F12O4. The van der Waals surface area contributed by atoms with E-state index in [4.69, 9.17) is 0 Å². The molecular weight excluding hydrogens is 580 g/mol. The Morgan fingerprint density at radius 3 is 1.38 bits per heavy atom. The summed E-state index contributed by atoms with van der Waals surface area (Å²) in [6.07, 6.45) is -25.9. The highest BCUT2D eigenvalue weighted by Crippen LogP contribution is 2.59. The Kier molecular flexibility index (Phi) is 6.78. The van der Waals surface area contributed by atoms with E-state index in [2.05, 4.69) is 0 Å². The summed E-state index contributed by atoms with van der Waals surface area (Å²) in [5, 5.41) is 39.8. The van der Waals surface area contributed by atoms with Crippen molar-refractivity contribution in [3.8, 4) is 11.5 Å². The number of aromatic hydroxyl groups is 2. The van der Waals surface area contributed by atoms with Crippen LogP contribution >= 0.6 is 0 Å². The van der Waals surface area contributed by atoms with E-state index in [1.54, 1.807) is 0 Å². The summed E-state index contributed by atoms with van der Waals surface area (Å²) in [6, 6.07) is 2.08. The van der Waals surface area contributed by atoms with E-state index in [1.807, 2.05) is 0 Å². The molecule has 0 saturated carbocycles. The molecule has 4 N–H and O–H groups in total. The average Bonchev–Trinajstić information content (AvgIpc) is 2.94. The Bertz CT molecular complexity index is 1290.